The van der Waals surface area contributed by atoms with E-state index < -0.39 is 95.6 Å². The van der Waals surface area contributed by atoms with Crippen LogP contribution in [0.2, 0.25) is 0 Å². The topological polar surface area (TPSA) is 175 Å². The second-order valence-electron chi connectivity index (χ2n) is 16.3. The van der Waals surface area contributed by atoms with Crippen LogP contribution in [0.1, 0.15) is 102 Å². The second-order valence-corrected chi connectivity index (χ2v) is 16.3. The lowest BCUT2D eigenvalue weighted by Crippen LogP contribution is -2.60. The number of carbonyl (C=O) groups excluding carboxylic acids is 1. The van der Waals surface area contributed by atoms with Gasteiger partial charge in [0.05, 0.1) is 35.7 Å². The van der Waals surface area contributed by atoms with E-state index in [0.29, 0.717) is 31.6 Å². The Morgan fingerprint density at radius 1 is 1.06 bits per heavy atom. The number of likely N-dealkylation sites (N-methyl/N-ethyl adjacent to an activating group) is 1. The van der Waals surface area contributed by atoms with Crippen LogP contribution in [0.3, 0.4) is 0 Å². The number of rotatable bonds is 11. The van der Waals surface area contributed by atoms with E-state index in [0.717, 1.165) is 5.57 Å². The molecular formula is C38H67NO12. The summed E-state index contributed by atoms with van der Waals surface area (Å²) in [4.78, 5) is 14.4. The number of ether oxygens (including phenoxy) is 7. The van der Waals surface area contributed by atoms with Gasteiger partial charge in [-0.15, -0.1) is 0 Å². The Morgan fingerprint density at radius 3 is 2.31 bits per heavy atom. The first-order valence-corrected chi connectivity index (χ1v) is 19.0. The Hall–Kier alpha value is -1.39. The first-order valence-electron chi connectivity index (χ1n) is 19.0. The summed E-state index contributed by atoms with van der Waals surface area (Å²) in [5.41, 5.74) is -2.71. The fourth-order valence-corrected chi connectivity index (χ4v) is 9.06. The van der Waals surface area contributed by atoms with Crippen molar-refractivity contribution in [3.8, 4) is 0 Å². The molecule has 4 aliphatic heterocycles. The van der Waals surface area contributed by atoms with Crippen LogP contribution in [0.5, 0.6) is 0 Å². The number of hydrogen-bond donors (Lipinski definition) is 5. The summed E-state index contributed by atoms with van der Waals surface area (Å²) in [6, 6.07) is -0.258. The minimum Gasteiger partial charge on any atom is -0.488 e. The van der Waals surface area contributed by atoms with E-state index in [2.05, 4.69) is 5.32 Å². The normalized spacial score (nSPS) is 45.7. The van der Waals surface area contributed by atoms with Gasteiger partial charge < -0.3 is 58.9 Å². The molecule has 17 atom stereocenters. The molecule has 0 aromatic heterocycles. The smallest absolute Gasteiger partial charge is 0.311 e. The zero-order chi connectivity index (χ0) is 38.2. The average Bonchev–Trinajstić information content (AvgIpc) is 3.38. The van der Waals surface area contributed by atoms with Crippen molar-refractivity contribution in [2.75, 3.05) is 20.3 Å². The Balaban J connectivity index is 1.83. The summed E-state index contributed by atoms with van der Waals surface area (Å²) in [5.74, 6) is -2.69. The molecule has 13 nitrogen and oxygen atoms in total. The molecule has 51 heavy (non-hydrogen) atoms. The van der Waals surface area contributed by atoms with E-state index in [9.17, 15) is 25.2 Å². The molecule has 0 saturated carbocycles. The highest BCUT2D eigenvalue weighted by Gasteiger charge is 2.56. The van der Waals surface area contributed by atoms with Gasteiger partial charge >= 0.3 is 5.97 Å². The van der Waals surface area contributed by atoms with Gasteiger partial charge in [0.25, 0.3) is 0 Å². The molecule has 0 amide bonds. The second kappa shape index (κ2) is 16.5. The highest BCUT2D eigenvalue weighted by molar-refractivity contribution is 5.73. The van der Waals surface area contributed by atoms with Crippen molar-refractivity contribution in [1.82, 2.24) is 5.32 Å². The van der Waals surface area contributed by atoms with Crippen molar-refractivity contribution in [1.29, 1.82) is 0 Å². The maximum absolute atomic E-state index is 14.4. The minimum atomic E-state index is -1.62. The molecule has 4 rings (SSSR count). The maximum atomic E-state index is 14.4. The van der Waals surface area contributed by atoms with Crippen LogP contribution in [0.25, 0.3) is 0 Å². The lowest BCUT2D eigenvalue weighted by atomic mass is 9.76. The summed E-state index contributed by atoms with van der Waals surface area (Å²) >= 11 is 0. The monoisotopic (exact) mass is 729 g/mol. The zero-order valence-corrected chi connectivity index (χ0v) is 32.9. The van der Waals surface area contributed by atoms with Gasteiger partial charge in [0.15, 0.2) is 12.6 Å². The molecule has 0 aliphatic carbocycles. The van der Waals surface area contributed by atoms with E-state index in [1.165, 1.54) is 7.11 Å². The number of cyclic esters (lactones) is 1. The van der Waals surface area contributed by atoms with Crippen molar-refractivity contribution in [2.24, 2.45) is 23.7 Å². The molecular weight excluding hydrogens is 662 g/mol. The Kier molecular flexibility index (Phi) is 13.7. The number of fused-ring (bicyclic) bond motifs is 2. The van der Waals surface area contributed by atoms with E-state index in [1.807, 2.05) is 48.5 Å². The first-order chi connectivity index (χ1) is 23.8. The van der Waals surface area contributed by atoms with Crippen molar-refractivity contribution >= 4 is 5.97 Å². The standard InChI is InChI=1S/C38H67NO12/c1-13-25(18-40)38(11,44)33-21(5)29-19(3)16-37(10,51-29)32(50-35-28(41)26(39-14-2)15-20(4)46-35)22(6)30(23(7)34(43)49-33)48-27-17-36(9,45-12)31(42)24(8)47-27/h20-28,30-33,35,39-42,44H,13-18H2,1-12H3/t20-,21-,22+,23-,24+,25+,26+,27+,28-,30-,31+,32-,33-,35+,36-,37?,38-/m1/s1. The SMILES string of the molecule is CCN[C@H]1C[C@@H](C)O[C@@H](O[C@@H]2[C@@H](C)[C@@H](O[C@H]3C[C@@](C)(OC)[C@@H](O)[C@H](C)O3)[C@@H](C)C(=O)O[C@@H]([C@](C)(O)[C@@H](CC)CO)[C@H](C)C3=C(C)CC2(C)O3)[C@@H]1O. The summed E-state index contributed by atoms with van der Waals surface area (Å²) in [6.45, 7) is 20.7. The fourth-order valence-electron chi connectivity index (χ4n) is 9.06. The Labute approximate surface area is 304 Å². The molecule has 13 heteroatoms. The largest absolute Gasteiger partial charge is 0.488 e. The van der Waals surface area contributed by atoms with Crippen LogP contribution >= 0.6 is 0 Å². The van der Waals surface area contributed by atoms with Crippen LogP contribution in [0.4, 0.5) is 0 Å². The Morgan fingerprint density at radius 2 is 1.73 bits per heavy atom. The van der Waals surface area contributed by atoms with Crippen LogP contribution in [-0.2, 0) is 38.0 Å². The van der Waals surface area contributed by atoms with Gasteiger partial charge in [0.1, 0.15) is 41.4 Å². The molecule has 1 unspecified atom stereocenters. The molecule has 4 heterocycles. The number of nitrogens with one attached hydrogen (secondary N) is 1. The minimum absolute atomic E-state index is 0.180. The fraction of sp³-hybridized carbons (Fsp3) is 0.921. The lowest BCUT2D eigenvalue weighted by molar-refractivity contribution is -0.314. The first kappa shape index (κ1) is 42.4. The molecule has 0 aromatic rings. The summed E-state index contributed by atoms with van der Waals surface area (Å²) in [6.07, 6.45) is -5.70. The third kappa shape index (κ3) is 8.48. The molecule has 5 N–H and O–H groups in total. The maximum Gasteiger partial charge on any atom is 0.311 e. The highest BCUT2D eigenvalue weighted by Crippen LogP contribution is 2.48. The van der Waals surface area contributed by atoms with Crippen molar-refractivity contribution in [3.63, 3.8) is 0 Å². The van der Waals surface area contributed by atoms with Gasteiger partial charge in [-0.1, -0.05) is 27.7 Å². The molecule has 2 bridgehead atoms. The van der Waals surface area contributed by atoms with Gasteiger partial charge in [-0.25, -0.2) is 0 Å². The molecule has 0 aromatic carbocycles. The molecule has 4 aliphatic rings. The lowest BCUT2D eigenvalue weighted by Gasteiger charge is -2.48. The van der Waals surface area contributed by atoms with Gasteiger partial charge in [-0.3, -0.25) is 4.79 Å². The van der Waals surface area contributed by atoms with Crippen LogP contribution in [0.15, 0.2) is 11.3 Å². The zero-order valence-electron chi connectivity index (χ0n) is 32.9. The number of methoxy groups -OCH3 is 1. The Bertz CT molecular complexity index is 1210. The quantitative estimate of drug-likeness (QED) is 0.197. The van der Waals surface area contributed by atoms with Gasteiger partial charge in [-0.2, -0.15) is 0 Å². The van der Waals surface area contributed by atoms with E-state index in [1.54, 1.807) is 27.7 Å². The van der Waals surface area contributed by atoms with Crippen molar-refractivity contribution in [2.45, 2.75) is 180 Å². The van der Waals surface area contributed by atoms with E-state index in [-0.39, 0.29) is 25.2 Å². The summed E-state index contributed by atoms with van der Waals surface area (Å²) < 4.78 is 45.1. The summed E-state index contributed by atoms with van der Waals surface area (Å²) in [7, 11) is 1.53. The van der Waals surface area contributed by atoms with Crippen LogP contribution in [-0.4, -0.2) is 125 Å². The number of carbonyl (C=O) groups is 1. The van der Waals surface area contributed by atoms with E-state index >= 15 is 0 Å². The van der Waals surface area contributed by atoms with E-state index in [4.69, 9.17) is 33.2 Å². The summed E-state index contributed by atoms with van der Waals surface area (Å²) in [5, 5.41) is 48.1. The average molecular weight is 730 g/mol. The number of hydrogen-bond acceptors (Lipinski definition) is 13. The van der Waals surface area contributed by atoms with Crippen LogP contribution in [0, 0.1) is 23.7 Å². The molecule has 0 radical (unpaired) electrons. The predicted octanol–water partition coefficient (Wildman–Crippen LogP) is 3.19. The van der Waals surface area contributed by atoms with Gasteiger partial charge in [0, 0.05) is 44.4 Å². The molecule has 3 saturated heterocycles. The number of esters is 1. The molecule has 0 spiro atoms. The van der Waals surface area contributed by atoms with Crippen LogP contribution < -0.4 is 5.32 Å². The third-order valence-corrected chi connectivity index (χ3v) is 12.2. The molecule has 296 valence electrons. The predicted molar refractivity (Wildman–Crippen MR) is 188 cm³/mol. The van der Waals surface area contributed by atoms with Gasteiger partial charge in [0.2, 0.25) is 0 Å². The highest BCUT2D eigenvalue weighted by atomic mass is 16.7. The number of aliphatic hydroxyl groups is 4. The third-order valence-electron chi connectivity index (χ3n) is 12.2. The molecule has 3 fully saturated rings. The number of aliphatic hydroxyl groups excluding tert-OH is 3. The van der Waals surface area contributed by atoms with Gasteiger partial charge in [-0.05, 0) is 73.4 Å². The van der Waals surface area contributed by atoms with Crippen molar-refractivity contribution < 1.29 is 58.4 Å². The van der Waals surface area contributed by atoms with Crippen molar-refractivity contribution in [3.05, 3.63) is 11.3 Å².